The molecule has 3 aromatic rings. The van der Waals surface area contributed by atoms with E-state index < -0.39 is 0 Å². The van der Waals surface area contributed by atoms with E-state index in [0.29, 0.717) is 5.82 Å². The number of rotatable bonds is 5. The number of allylic oxidation sites excluding steroid dienone is 3. The Labute approximate surface area is 194 Å². The largest absolute Gasteiger partial charge is 0.367 e. The standard InChI is InChI=1S/C26H30N6O/c1-6-7-24(18(3)19(4)26-30-17(2)12-25(33)31(26)5)32-11-9-23-22(16-32)13-21(14-27-23)20-8-10-28-29-15-20/h7-8,10,12-15H,6,9,11,16H2,1-5H3/b19-18-,24-7-. The third kappa shape index (κ3) is 4.62. The van der Waals surface area contributed by atoms with Crippen LogP contribution in [0.4, 0.5) is 0 Å². The molecule has 0 aliphatic carbocycles. The van der Waals surface area contributed by atoms with Crippen LogP contribution in [0.5, 0.6) is 0 Å². The summed E-state index contributed by atoms with van der Waals surface area (Å²) in [6, 6.07) is 5.74. The van der Waals surface area contributed by atoms with E-state index >= 15 is 0 Å². The molecular weight excluding hydrogens is 412 g/mol. The fraction of sp³-hybridized carbons (Fsp3) is 0.346. The molecule has 1 aliphatic heterocycles. The molecule has 7 nitrogen and oxygen atoms in total. The van der Waals surface area contributed by atoms with Gasteiger partial charge in [-0.3, -0.25) is 14.3 Å². The molecular formula is C26H30N6O. The van der Waals surface area contributed by atoms with E-state index in [-0.39, 0.29) is 5.56 Å². The lowest BCUT2D eigenvalue weighted by Gasteiger charge is -2.33. The average molecular weight is 443 g/mol. The van der Waals surface area contributed by atoms with Crippen LogP contribution in [-0.2, 0) is 20.0 Å². The maximum atomic E-state index is 12.3. The minimum absolute atomic E-state index is 0.0400. The summed E-state index contributed by atoms with van der Waals surface area (Å²) in [4.78, 5) is 24.1. The quantitative estimate of drug-likeness (QED) is 0.554. The van der Waals surface area contributed by atoms with Crippen molar-refractivity contribution in [1.82, 2.24) is 29.6 Å². The van der Waals surface area contributed by atoms with Gasteiger partial charge in [0.2, 0.25) is 0 Å². The molecule has 0 saturated carbocycles. The molecule has 0 saturated heterocycles. The molecule has 0 aromatic carbocycles. The van der Waals surface area contributed by atoms with Crippen molar-refractivity contribution in [3.05, 3.63) is 87.3 Å². The van der Waals surface area contributed by atoms with Gasteiger partial charge in [0.1, 0.15) is 5.82 Å². The molecule has 4 rings (SSSR count). The maximum absolute atomic E-state index is 12.3. The first kappa shape index (κ1) is 22.6. The number of hydrogen-bond acceptors (Lipinski definition) is 6. The minimum Gasteiger partial charge on any atom is -0.367 e. The molecule has 33 heavy (non-hydrogen) atoms. The van der Waals surface area contributed by atoms with Crippen molar-refractivity contribution >= 4 is 5.57 Å². The zero-order chi connectivity index (χ0) is 23.5. The number of pyridine rings is 1. The van der Waals surface area contributed by atoms with Crippen molar-refractivity contribution in [1.29, 1.82) is 0 Å². The summed E-state index contributed by atoms with van der Waals surface area (Å²) in [5.41, 5.74) is 8.47. The molecule has 0 atom stereocenters. The summed E-state index contributed by atoms with van der Waals surface area (Å²) in [5.74, 6) is 0.714. The second-order valence-electron chi connectivity index (χ2n) is 8.50. The maximum Gasteiger partial charge on any atom is 0.253 e. The lowest BCUT2D eigenvalue weighted by molar-refractivity contribution is 0.324. The topological polar surface area (TPSA) is 76.8 Å². The first-order chi connectivity index (χ1) is 15.9. The molecule has 0 unspecified atom stereocenters. The van der Waals surface area contributed by atoms with Crippen LogP contribution in [0.25, 0.3) is 16.7 Å². The number of nitrogens with zero attached hydrogens (tertiary/aromatic N) is 6. The van der Waals surface area contributed by atoms with Crippen molar-refractivity contribution in [3.63, 3.8) is 0 Å². The van der Waals surface area contributed by atoms with E-state index in [1.165, 1.54) is 11.3 Å². The molecule has 0 bridgehead atoms. The molecule has 3 aromatic heterocycles. The van der Waals surface area contributed by atoms with Crippen LogP contribution >= 0.6 is 0 Å². The van der Waals surface area contributed by atoms with Crippen molar-refractivity contribution in [3.8, 4) is 11.1 Å². The van der Waals surface area contributed by atoms with Gasteiger partial charge < -0.3 is 4.90 Å². The Morgan fingerprint density at radius 3 is 2.70 bits per heavy atom. The summed E-state index contributed by atoms with van der Waals surface area (Å²) in [7, 11) is 1.78. The monoisotopic (exact) mass is 442 g/mol. The van der Waals surface area contributed by atoms with Gasteiger partial charge in [0.05, 0.1) is 12.4 Å². The highest BCUT2D eigenvalue weighted by Gasteiger charge is 2.22. The molecule has 0 amide bonds. The third-order valence-electron chi connectivity index (χ3n) is 6.24. The summed E-state index contributed by atoms with van der Waals surface area (Å²) in [6.07, 6.45) is 9.47. The zero-order valence-electron chi connectivity index (χ0n) is 20.0. The van der Waals surface area contributed by atoms with E-state index in [9.17, 15) is 4.79 Å². The molecule has 0 spiro atoms. The van der Waals surface area contributed by atoms with Gasteiger partial charge in [0.25, 0.3) is 5.56 Å². The normalized spacial score (nSPS) is 14.7. The van der Waals surface area contributed by atoms with Crippen LogP contribution in [0, 0.1) is 6.92 Å². The smallest absolute Gasteiger partial charge is 0.253 e. The van der Waals surface area contributed by atoms with E-state index in [4.69, 9.17) is 4.98 Å². The summed E-state index contributed by atoms with van der Waals surface area (Å²) in [6.45, 7) is 9.86. The van der Waals surface area contributed by atoms with Gasteiger partial charge in [-0.1, -0.05) is 13.0 Å². The van der Waals surface area contributed by atoms with Gasteiger partial charge in [-0.25, -0.2) is 4.98 Å². The predicted molar refractivity (Wildman–Crippen MR) is 130 cm³/mol. The Balaban J connectivity index is 1.70. The molecule has 0 N–H and O–H groups in total. The van der Waals surface area contributed by atoms with Crippen LogP contribution in [0.1, 0.15) is 50.0 Å². The highest BCUT2D eigenvalue weighted by molar-refractivity contribution is 5.66. The Morgan fingerprint density at radius 2 is 1.97 bits per heavy atom. The highest BCUT2D eigenvalue weighted by atomic mass is 16.1. The fourth-order valence-corrected chi connectivity index (χ4v) is 4.31. The van der Waals surface area contributed by atoms with Gasteiger partial charge >= 0.3 is 0 Å². The van der Waals surface area contributed by atoms with Crippen molar-refractivity contribution in [2.75, 3.05) is 6.54 Å². The number of aromatic nitrogens is 5. The lowest BCUT2D eigenvalue weighted by Crippen LogP contribution is -2.31. The van der Waals surface area contributed by atoms with Gasteiger partial charge in [0.15, 0.2) is 0 Å². The van der Waals surface area contributed by atoms with Crippen LogP contribution in [0.15, 0.2) is 58.9 Å². The summed E-state index contributed by atoms with van der Waals surface area (Å²) in [5, 5.41) is 7.87. The molecule has 170 valence electrons. The van der Waals surface area contributed by atoms with Crippen LogP contribution < -0.4 is 5.56 Å². The van der Waals surface area contributed by atoms with Crippen molar-refractivity contribution < 1.29 is 0 Å². The van der Waals surface area contributed by atoms with Crippen molar-refractivity contribution in [2.45, 2.75) is 47.1 Å². The molecule has 1 aliphatic rings. The van der Waals surface area contributed by atoms with Crippen LogP contribution in [0.3, 0.4) is 0 Å². The number of fused-ring (bicyclic) bond motifs is 1. The summed E-state index contributed by atoms with van der Waals surface area (Å²) < 4.78 is 1.62. The molecule has 0 fully saturated rings. The van der Waals surface area contributed by atoms with Gasteiger partial charge in [-0.05, 0) is 56.0 Å². The third-order valence-corrected chi connectivity index (χ3v) is 6.24. The fourth-order valence-electron chi connectivity index (χ4n) is 4.31. The second-order valence-corrected chi connectivity index (χ2v) is 8.50. The van der Waals surface area contributed by atoms with Crippen molar-refractivity contribution in [2.24, 2.45) is 7.05 Å². The zero-order valence-corrected chi connectivity index (χ0v) is 20.0. The van der Waals surface area contributed by atoms with E-state index in [2.05, 4.69) is 46.1 Å². The summed E-state index contributed by atoms with van der Waals surface area (Å²) >= 11 is 0. The lowest BCUT2D eigenvalue weighted by atomic mass is 9.98. The Morgan fingerprint density at radius 1 is 1.15 bits per heavy atom. The molecule has 7 heteroatoms. The minimum atomic E-state index is -0.0400. The van der Waals surface area contributed by atoms with E-state index in [1.54, 1.807) is 30.1 Å². The first-order valence-electron chi connectivity index (χ1n) is 11.3. The van der Waals surface area contributed by atoms with Crippen LogP contribution in [-0.4, -0.2) is 36.2 Å². The van der Waals surface area contributed by atoms with E-state index in [0.717, 1.165) is 59.6 Å². The number of hydrogen-bond donors (Lipinski definition) is 0. The Bertz CT molecular complexity index is 1290. The van der Waals surface area contributed by atoms with Crippen LogP contribution in [0.2, 0.25) is 0 Å². The first-order valence-corrected chi connectivity index (χ1v) is 11.3. The van der Waals surface area contributed by atoms with Gasteiger partial charge in [-0.15, -0.1) is 0 Å². The Hall–Kier alpha value is -3.61. The highest BCUT2D eigenvalue weighted by Crippen LogP contribution is 2.30. The molecule has 0 radical (unpaired) electrons. The number of aryl methyl sites for hydroxylation is 1. The van der Waals surface area contributed by atoms with E-state index in [1.807, 2.05) is 26.1 Å². The predicted octanol–water partition coefficient (Wildman–Crippen LogP) is 4.09. The molecule has 4 heterocycles. The second kappa shape index (κ2) is 9.48. The Kier molecular flexibility index (Phi) is 6.49. The average Bonchev–Trinajstić information content (AvgIpc) is 2.83. The van der Waals surface area contributed by atoms with Gasteiger partial charge in [0, 0.05) is 67.0 Å². The van der Waals surface area contributed by atoms with Gasteiger partial charge in [-0.2, -0.15) is 10.2 Å². The SMILES string of the molecule is CC/C=C(/C(C)=C(/C)c1nc(C)cc(=O)n1C)N1CCc2ncc(-c3ccnnc3)cc2C1.